The number of carbonyl (C=O) groups is 1. The van der Waals surface area contributed by atoms with Crippen LogP contribution in [0.4, 0.5) is 0 Å². The fourth-order valence-electron chi connectivity index (χ4n) is 2.68. The molecule has 1 aromatic carbocycles. The van der Waals surface area contributed by atoms with E-state index in [0.29, 0.717) is 12.1 Å². The summed E-state index contributed by atoms with van der Waals surface area (Å²) in [6.45, 7) is 4.26. The third kappa shape index (κ3) is 2.00. The highest BCUT2D eigenvalue weighted by Crippen LogP contribution is 2.30. The Morgan fingerprint density at radius 2 is 2.42 bits per heavy atom. The predicted molar refractivity (Wildman–Crippen MR) is 73.8 cm³/mol. The molecule has 1 fully saturated rings. The van der Waals surface area contributed by atoms with Crippen LogP contribution in [0.2, 0.25) is 0 Å². The number of hydrogen-bond acceptors (Lipinski definition) is 3. The summed E-state index contributed by atoms with van der Waals surface area (Å²) in [6, 6.07) is 5.69. The largest absolute Gasteiger partial charge is 0.338 e. The van der Waals surface area contributed by atoms with Crippen molar-refractivity contribution in [3.8, 4) is 0 Å². The molecule has 3 N–H and O–H groups in total. The molecule has 100 valence electrons. The van der Waals surface area contributed by atoms with Crippen LogP contribution in [0.15, 0.2) is 24.4 Å². The molecule has 0 saturated carbocycles. The first-order valence-corrected chi connectivity index (χ1v) is 6.54. The van der Waals surface area contributed by atoms with Gasteiger partial charge in [-0.2, -0.15) is 5.10 Å². The molecule has 0 spiro atoms. The van der Waals surface area contributed by atoms with Gasteiger partial charge in [0.25, 0.3) is 5.91 Å². The van der Waals surface area contributed by atoms with Crippen LogP contribution in [0.1, 0.15) is 23.7 Å². The van der Waals surface area contributed by atoms with Gasteiger partial charge in [0, 0.05) is 18.5 Å². The minimum Gasteiger partial charge on any atom is -0.338 e. The molecule has 1 aliphatic heterocycles. The first-order valence-electron chi connectivity index (χ1n) is 6.54. The van der Waals surface area contributed by atoms with Crippen molar-refractivity contribution in [1.29, 1.82) is 0 Å². The number of hydrogen-bond donors (Lipinski definition) is 2. The van der Waals surface area contributed by atoms with Crippen molar-refractivity contribution in [1.82, 2.24) is 15.1 Å². The predicted octanol–water partition coefficient (Wildman–Crippen LogP) is 1.37. The van der Waals surface area contributed by atoms with Crippen LogP contribution in [-0.4, -0.2) is 40.6 Å². The van der Waals surface area contributed by atoms with Gasteiger partial charge in [0.2, 0.25) is 0 Å². The highest BCUT2D eigenvalue weighted by atomic mass is 16.2. The van der Waals surface area contributed by atoms with E-state index in [2.05, 4.69) is 17.1 Å². The fourth-order valence-corrected chi connectivity index (χ4v) is 2.68. The molecule has 0 radical (unpaired) electrons. The maximum absolute atomic E-state index is 12.6. The summed E-state index contributed by atoms with van der Waals surface area (Å²) in [5, 5.41) is 7.87. The third-order valence-corrected chi connectivity index (χ3v) is 4.04. The van der Waals surface area contributed by atoms with Gasteiger partial charge in [-0.25, -0.2) is 0 Å². The van der Waals surface area contributed by atoms with Crippen molar-refractivity contribution < 1.29 is 4.79 Å². The molecule has 1 unspecified atom stereocenters. The van der Waals surface area contributed by atoms with Crippen molar-refractivity contribution >= 4 is 16.8 Å². The van der Waals surface area contributed by atoms with E-state index in [1.165, 1.54) is 0 Å². The lowest BCUT2D eigenvalue weighted by Crippen LogP contribution is -2.34. The number of nitrogens with one attached hydrogen (secondary N) is 1. The van der Waals surface area contributed by atoms with E-state index in [1.807, 2.05) is 23.1 Å². The van der Waals surface area contributed by atoms with Crippen LogP contribution in [0, 0.1) is 5.41 Å². The van der Waals surface area contributed by atoms with Crippen molar-refractivity contribution in [2.24, 2.45) is 11.1 Å². The lowest BCUT2D eigenvalue weighted by Gasteiger charge is -2.22. The Kier molecular flexibility index (Phi) is 2.78. The van der Waals surface area contributed by atoms with Crippen LogP contribution in [-0.2, 0) is 0 Å². The summed E-state index contributed by atoms with van der Waals surface area (Å²) in [4.78, 5) is 14.5. The van der Waals surface area contributed by atoms with Crippen molar-refractivity contribution in [2.75, 3.05) is 19.6 Å². The average molecular weight is 258 g/mol. The van der Waals surface area contributed by atoms with Gasteiger partial charge in [0.05, 0.1) is 17.3 Å². The molecule has 1 amide bonds. The number of aromatic nitrogens is 2. The molecule has 0 bridgehead atoms. The van der Waals surface area contributed by atoms with Crippen molar-refractivity contribution in [3.05, 3.63) is 30.0 Å². The number of nitrogens with two attached hydrogens (primary N) is 1. The van der Waals surface area contributed by atoms with E-state index in [0.717, 1.165) is 30.4 Å². The van der Waals surface area contributed by atoms with E-state index < -0.39 is 0 Å². The van der Waals surface area contributed by atoms with E-state index in [-0.39, 0.29) is 11.3 Å². The number of carbonyl (C=O) groups excluding carboxylic acids is 1. The zero-order valence-corrected chi connectivity index (χ0v) is 11.0. The number of rotatable bonds is 2. The second-order valence-corrected chi connectivity index (χ2v) is 5.63. The Morgan fingerprint density at radius 3 is 3.16 bits per heavy atom. The second kappa shape index (κ2) is 4.35. The topological polar surface area (TPSA) is 75.0 Å². The summed E-state index contributed by atoms with van der Waals surface area (Å²) in [5.41, 5.74) is 7.35. The monoisotopic (exact) mass is 258 g/mol. The first-order chi connectivity index (χ1) is 9.13. The summed E-state index contributed by atoms with van der Waals surface area (Å²) >= 11 is 0. The Balaban J connectivity index is 1.91. The number of H-pyrrole nitrogens is 1. The maximum atomic E-state index is 12.6. The SMILES string of the molecule is CC1(CN)CCN(C(=O)c2cccc3cn[nH]c23)C1. The third-order valence-electron chi connectivity index (χ3n) is 4.04. The molecule has 2 aromatic rings. The highest BCUT2D eigenvalue weighted by molar-refractivity contribution is 6.05. The zero-order chi connectivity index (χ0) is 13.5. The molecule has 1 saturated heterocycles. The Hall–Kier alpha value is -1.88. The first kappa shape index (κ1) is 12.2. The van der Waals surface area contributed by atoms with Gasteiger partial charge in [0.15, 0.2) is 0 Å². The maximum Gasteiger partial charge on any atom is 0.256 e. The van der Waals surface area contributed by atoms with E-state index in [4.69, 9.17) is 5.73 Å². The fraction of sp³-hybridized carbons (Fsp3) is 0.429. The molecule has 1 atom stereocenters. The molecule has 1 aliphatic rings. The molecule has 0 aliphatic carbocycles. The number of likely N-dealkylation sites (tertiary alicyclic amines) is 1. The molecular weight excluding hydrogens is 240 g/mol. The number of aromatic amines is 1. The van der Waals surface area contributed by atoms with Crippen molar-refractivity contribution in [3.63, 3.8) is 0 Å². The second-order valence-electron chi connectivity index (χ2n) is 5.63. The Morgan fingerprint density at radius 1 is 1.58 bits per heavy atom. The van der Waals surface area contributed by atoms with Crippen molar-refractivity contribution in [2.45, 2.75) is 13.3 Å². The van der Waals surface area contributed by atoms with Crippen LogP contribution < -0.4 is 5.73 Å². The van der Waals surface area contributed by atoms with Gasteiger partial charge in [0.1, 0.15) is 0 Å². The van der Waals surface area contributed by atoms with Gasteiger partial charge in [-0.1, -0.05) is 19.1 Å². The van der Waals surface area contributed by atoms with Gasteiger partial charge in [-0.05, 0) is 24.4 Å². The van der Waals surface area contributed by atoms with Gasteiger partial charge in [-0.3, -0.25) is 9.89 Å². The number of fused-ring (bicyclic) bond motifs is 1. The summed E-state index contributed by atoms with van der Waals surface area (Å²) in [7, 11) is 0. The molecule has 3 rings (SSSR count). The van der Waals surface area contributed by atoms with Gasteiger partial charge in [-0.15, -0.1) is 0 Å². The molecule has 1 aromatic heterocycles. The highest BCUT2D eigenvalue weighted by Gasteiger charge is 2.35. The summed E-state index contributed by atoms with van der Waals surface area (Å²) in [5.74, 6) is 0.0621. The van der Waals surface area contributed by atoms with Crippen LogP contribution >= 0.6 is 0 Å². The Labute approximate surface area is 111 Å². The quantitative estimate of drug-likeness (QED) is 0.854. The normalized spacial score (nSPS) is 23.2. The summed E-state index contributed by atoms with van der Waals surface area (Å²) < 4.78 is 0. The zero-order valence-electron chi connectivity index (χ0n) is 11.0. The molecule has 5 heteroatoms. The van der Waals surface area contributed by atoms with E-state index in [1.54, 1.807) is 6.20 Å². The molecule has 2 heterocycles. The minimum atomic E-state index is 0.0531. The Bertz CT molecular complexity index is 621. The smallest absolute Gasteiger partial charge is 0.256 e. The lowest BCUT2D eigenvalue weighted by atomic mass is 9.90. The average Bonchev–Trinajstić information content (AvgIpc) is 3.04. The number of nitrogens with zero attached hydrogens (tertiary/aromatic N) is 2. The van der Waals surface area contributed by atoms with Crippen LogP contribution in [0.5, 0.6) is 0 Å². The number of benzene rings is 1. The molecular formula is C14H18N4O. The van der Waals surface area contributed by atoms with E-state index >= 15 is 0 Å². The number of amides is 1. The minimum absolute atomic E-state index is 0.0531. The molecule has 5 nitrogen and oxygen atoms in total. The number of para-hydroxylation sites is 1. The molecule has 19 heavy (non-hydrogen) atoms. The lowest BCUT2D eigenvalue weighted by molar-refractivity contribution is 0.0778. The van der Waals surface area contributed by atoms with Gasteiger partial charge < -0.3 is 10.6 Å². The standard InChI is InChI=1S/C14H18N4O/c1-14(8-15)5-6-18(9-14)13(19)11-4-2-3-10-7-16-17-12(10)11/h2-4,7H,5-6,8-9,15H2,1H3,(H,16,17). The van der Waals surface area contributed by atoms with Crippen LogP contribution in [0.3, 0.4) is 0 Å². The van der Waals surface area contributed by atoms with Crippen LogP contribution in [0.25, 0.3) is 10.9 Å². The van der Waals surface area contributed by atoms with E-state index in [9.17, 15) is 4.79 Å². The van der Waals surface area contributed by atoms with Gasteiger partial charge >= 0.3 is 0 Å². The summed E-state index contributed by atoms with van der Waals surface area (Å²) in [6.07, 6.45) is 2.70.